The van der Waals surface area contributed by atoms with Crippen LogP contribution in [-0.2, 0) is 24.6 Å². The van der Waals surface area contributed by atoms with Crippen LogP contribution in [0.5, 0.6) is 0 Å². The van der Waals surface area contributed by atoms with E-state index in [0.29, 0.717) is 44.9 Å². The molecular weight excluding hydrogens is 604 g/mol. The molecule has 0 aliphatic carbocycles. The number of nitrogens with one attached hydrogen (secondary N) is 1. The highest BCUT2D eigenvalue weighted by Crippen LogP contribution is 2.34. The summed E-state index contributed by atoms with van der Waals surface area (Å²) < 4.78 is 70.7. The van der Waals surface area contributed by atoms with E-state index >= 15 is 0 Å². The maximum atomic E-state index is 14.9. The summed E-state index contributed by atoms with van der Waals surface area (Å²) in [6.07, 6.45) is 0.259. The Balaban J connectivity index is 1.80. The lowest BCUT2D eigenvalue weighted by Crippen LogP contribution is -2.50. The predicted molar refractivity (Wildman–Crippen MR) is 164 cm³/mol. The number of alkyl halides is 1. The Hall–Kier alpha value is -2.39. The first-order chi connectivity index (χ1) is 19.4. The molecule has 1 atom stereocenters. The van der Waals surface area contributed by atoms with Crippen molar-refractivity contribution >= 4 is 43.4 Å². The number of hydrogen-bond donors (Lipinski definition) is 2. The highest BCUT2D eigenvalue weighted by atomic mass is 32.2. The van der Waals surface area contributed by atoms with Gasteiger partial charge in [0, 0.05) is 49.4 Å². The number of thioether (sulfide) groups is 1. The molecule has 3 rings (SSSR count). The number of carbonyl (C=O) groups is 1. The lowest BCUT2D eigenvalue weighted by molar-refractivity contribution is 0.0144. The highest BCUT2D eigenvalue weighted by molar-refractivity contribution is 7.99. The second kappa shape index (κ2) is 13.5. The molecule has 14 heteroatoms. The third-order valence-electron chi connectivity index (χ3n) is 6.58. The van der Waals surface area contributed by atoms with Crippen LogP contribution in [0.1, 0.15) is 41.0 Å². The molecule has 1 fully saturated rings. The number of rotatable bonds is 11. The quantitative estimate of drug-likeness (QED) is 0.342. The maximum absolute atomic E-state index is 14.9. The summed E-state index contributed by atoms with van der Waals surface area (Å²) in [6, 6.07) is 12.9. The molecule has 1 aliphatic heterocycles. The Morgan fingerprint density at radius 3 is 2.19 bits per heavy atom. The summed E-state index contributed by atoms with van der Waals surface area (Å²) in [6.45, 7) is 10.3. The van der Waals surface area contributed by atoms with Crippen molar-refractivity contribution in [2.45, 2.75) is 72.4 Å². The molecule has 0 spiro atoms. The molecule has 3 N–H and O–H groups in total. The van der Waals surface area contributed by atoms with Gasteiger partial charge in [-0.3, -0.25) is 4.90 Å². The average molecular weight is 645 g/mol. The van der Waals surface area contributed by atoms with Gasteiger partial charge in [-0.05, 0) is 71.4 Å². The molecule has 42 heavy (non-hydrogen) atoms. The first-order valence-electron chi connectivity index (χ1n) is 13.6. The van der Waals surface area contributed by atoms with Crippen molar-refractivity contribution < 1.29 is 30.8 Å². The van der Waals surface area contributed by atoms with E-state index in [0.717, 1.165) is 24.8 Å². The van der Waals surface area contributed by atoms with Gasteiger partial charge in [-0.15, -0.1) is 11.8 Å². The molecule has 1 aliphatic rings. The van der Waals surface area contributed by atoms with Gasteiger partial charge in [-0.2, -0.15) is 0 Å². The van der Waals surface area contributed by atoms with E-state index in [1.165, 1.54) is 12.1 Å². The normalized spacial score (nSPS) is 16.2. The van der Waals surface area contributed by atoms with Crippen molar-refractivity contribution in [1.29, 1.82) is 0 Å². The summed E-state index contributed by atoms with van der Waals surface area (Å²) in [4.78, 5) is 16.5. The van der Waals surface area contributed by atoms with Gasteiger partial charge in [-0.25, -0.2) is 31.2 Å². The van der Waals surface area contributed by atoms with Gasteiger partial charge in [0.1, 0.15) is 5.60 Å². The zero-order chi connectivity index (χ0) is 31.3. The van der Waals surface area contributed by atoms with Crippen LogP contribution >= 0.6 is 11.8 Å². The Bertz CT molecular complexity index is 1430. The van der Waals surface area contributed by atoms with Crippen molar-refractivity contribution in [3.8, 4) is 0 Å². The fraction of sp³-hybridized carbons (Fsp3) is 0.536. The van der Waals surface area contributed by atoms with Gasteiger partial charge in [0.2, 0.25) is 24.9 Å². The van der Waals surface area contributed by atoms with Gasteiger partial charge < -0.3 is 15.0 Å². The van der Waals surface area contributed by atoms with Crippen molar-refractivity contribution in [2.75, 3.05) is 43.8 Å². The van der Waals surface area contributed by atoms with Crippen molar-refractivity contribution in [3.63, 3.8) is 0 Å². The van der Waals surface area contributed by atoms with Crippen LogP contribution in [0.4, 0.5) is 14.9 Å². The monoisotopic (exact) mass is 644 g/mol. The van der Waals surface area contributed by atoms with Crippen molar-refractivity contribution in [3.05, 3.63) is 48.5 Å². The fourth-order valence-electron chi connectivity index (χ4n) is 4.23. The number of sulfone groups is 1. The number of nitrogens with two attached hydrogens (primary N) is 1. The number of piperazine rings is 1. The Kier molecular flexibility index (Phi) is 11.0. The highest BCUT2D eigenvalue weighted by Gasteiger charge is 2.38. The van der Waals surface area contributed by atoms with E-state index in [1.807, 2.05) is 51.1 Å². The van der Waals surface area contributed by atoms with Crippen LogP contribution < -0.4 is 10.5 Å². The SMILES string of the molecule is CC(C)(C)OC(=O)N1CCN(CC[C@H](CSc2ccccc2)Nc2ccc(S(N)(=O)=O)cc2S(=O)(=O)C(C)(C)F)CC1. The first kappa shape index (κ1) is 34.1. The van der Waals surface area contributed by atoms with E-state index < -0.39 is 40.3 Å². The largest absolute Gasteiger partial charge is 0.444 e. The molecule has 1 amide bonds. The van der Waals surface area contributed by atoms with Crippen LogP contribution in [0.3, 0.4) is 0 Å². The molecule has 0 saturated carbocycles. The third-order valence-corrected chi connectivity index (χ3v) is 10.9. The fourth-order valence-corrected chi connectivity index (χ4v) is 7.06. The molecule has 10 nitrogen and oxygen atoms in total. The summed E-state index contributed by atoms with van der Waals surface area (Å²) in [5, 5.41) is 5.84. The van der Waals surface area contributed by atoms with Gasteiger partial charge in [-0.1, -0.05) is 18.2 Å². The van der Waals surface area contributed by atoms with Gasteiger partial charge >= 0.3 is 6.09 Å². The Morgan fingerprint density at radius 1 is 1.02 bits per heavy atom. The summed E-state index contributed by atoms with van der Waals surface area (Å²) >= 11 is 1.58. The lowest BCUT2D eigenvalue weighted by Gasteiger charge is -2.36. The molecule has 1 heterocycles. The Labute approximate surface area is 253 Å². The second-order valence-electron chi connectivity index (χ2n) is 11.6. The number of halogens is 1. The summed E-state index contributed by atoms with van der Waals surface area (Å²) in [7, 11) is -8.81. The van der Waals surface area contributed by atoms with E-state index in [-0.39, 0.29) is 17.8 Å². The molecule has 234 valence electrons. The zero-order valence-electron chi connectivity index (χ0n) is 24.7. The van der Waals surface area contributed by atoms with E-state index in [2.05, 4.69) is 10.2 Å². The third kappa shape index (κ3) is 9.56. The number of primary sulfonamides is 1. The van der Waals surface area contributed by atoms with Gasteiger partial charge in [0.05, 0.1) is 15.5 Å². The standard InChI is InChI=1S/C28H41FN4O6S3/c1-27(2,3)39-26(34)33-17-15-32(16-18-33)14-13-21(20-40-22-9-7-6-8-10-22)31-24-12-11-23(42(30,37)38)19-25(24)41(35,36)28(4,5)29/h6-12,19,21,31H,13-18,20H2,1-5H3,(H2,30,37,38)/t21-/m1/s1. The van der Waals surface area contributed by atoms with Gasteiger partial charge in [0.15, 0.2) is 0 Å². The minimum atomic E-state index is -4.58. The van der Waals surface area contributed by atoms with Crippen molar-refractivity contribution in [2.24, 2.45) is 5.14 Å². The van der Waals surface area contributed by atoms with Crippen LogP contribution in [0, 0.1) is 0 Å². The number of sulfonamides is 1. The number of amides is 1. The topological polar surface area (TPSA) is 139 Å². The number of carbonyl (C=O) groups excluding carboxylic acids is 1. The zero-order valence-corrected chi connectivity index (χ0v) is 27.1. The number of hydrogen-bond acceptors (Lipinski definition) is 9. The summed E-state index contributed by atoms with van der Waals surface area (Å²) in [5.74, 6) is 0.553. The number of ether oxygens (including phenoxy) is 1. The molecular formula is C28H41FN4O6S3. The van der Waals surface area contributed by atoms with E-state index in [1.54, 1.807) is 16.7 Å². The molecule has 2 aromatic carbocycles. The lowest BCUT2D eigenvalue weighted by atomic mass is 10.2. The minimum absolute atomic E-state index is 0.0986. The first-order valence-corrected chi connectivity index (χ1v) is 17.6. The number of anilines is 1. The molecule has 0 aromatic heterocycles. The van der Waals surface area contributed by atoms with Crippen LogP contribution in [0.25, 0.3) is 0 Å². The van der Waals surface area contributed by atoms with E-state index in [4.69, 9.17) is 9.88 Å². The van der Waals surface area contributed by atoms with Crippen LogP contribution in [0.2, 0.25) is 0 Å². The maximum Gasteiger partial charge on any atom is 0.410 e. The summed E-state index contributed by atoms with van der Waals surface area (Å²) in [5.41, 5.74) is -0.471. The van der Waals surface area contributed by atoms with Crippen LogP contribution in [-0.4, -0.2) is 87.8 Å². The molecule has 1 saturated heterocycles. The molecule has 0 unspecified atom stereocenters. The minimum Gasteiger partial charge on any atom is -0.444 e. The van der Waals surface area contributed by atoms with E-state index in [9.17, 15) is 26.0 Å². The predicted octanol–water partition coefficient (Wildman–Crippen LogP) is 4.33. The number of nitrogens with zero attached hydrogens (tertiary/aromatic N) is 2. The smallest absolute Gasteiger partial charge is 0.410 e. The molecule has 0 bridgehead atoms. The number of benzene rings is 2. The van der Waals surface area contributed by atoms with Crippen LogP contribution in [0.15, 0.2) is 63.2 Å². The molecule has 2 aromatic rings. The second-order valence-corrected chi connectivity index (χ2v) is 16.7. The van der Waals surface area contributed by atoms with Crippen molar-refractivity contribution in [1.82, 2.24) is 9.80 Å². The molecule has 0 radical (unpaired) electrons. The van der Waals surface area contributed by atoms with Gasteiger partial charge in [0.25, 0.3) is 0 Å². The average Bonchev–Trinajstić information content (AvgIpc) is 2.89. The Morgan fingerprint density at radius 2 is 1.64 bits per heavy atom.